The molecule has 4 rings (SSSR count). The second-order valence-electron chi connectivity index (χ2n) is 6.07. The van der Waals surface area contributed by atoms with E-state index in [1.807, 2.05) is 0 Å². The van der Waals surface area contributed by atoms with Gasteiger partial charge in [-0.2, -0.15) is 15.4 Å². The maximum Gasteiger partial charge on any atom is 0.268 e. The van der Waals surface area contributed by atoms with Crippen molar-refractivity contribution in [2.75, 3.05) is 0 Å². The molecule has 0 radical (unpaired) electrons. The summed E-state index contributed by atoms with van der Waals surface area (Å²) in [6, 6.07) is 12.5. The number of aromatic amines is 1. The van der Waals surface area contributed by atoms with Crippen molar-refractivity contribution < 1.29 is 18.3 Å². The van der Waals surface area contributed by atoms with E-state index in [0.29, 0.717) is 15.9 Å². The summed E-state index contributed by atoms with van der Waals surface area (Å²) in [4.78, 5) is 12.3. The van der Waals surface area contributed by atoms with Gasteiger partial charge in [0.05, 0.1) is 16.6 Å². The number of nitrogens with one attached hydrogen (secondary N) is 1. The molecule has 0 aliphatic rings. The molecule has 29 heavy (non-hydrogen) atoms. The number of hydrogen-bond donors (Lipinski definition) is 2. The van der Waals surface area contributed by atoms with E-state index in [0.717, 1.165) is 10.0 Å². The molecule has 0 bridgehead atoms. The highest BCUT2D eigenvalue weighted by molar-refractivity contribution is 7.90. The number of aliphatic hydroxyl groups is 1. The molecule has 0 saturated carbocycles. The fraction of sp³-hybridized carbons (Fsp3) is 0. The van der Waals surface area contributed by atoms with Crippen LogP contribution in [0.15, 0.2) is 71.9 Å². The van der Waals surface area contributed by atoms with E-state index in [4.69, 9.17) is 11.6 Å². The first-order chi connectivity index (χ1) is 13.9. The monoisotopic (exact) mass is 428 g/mol. The quantitative estimate of drug-likeness (QED) is 0.285. The molecule has 2 heterocycles. The minimum atomic E-state index is -3.94. The smallest absolute Gasteiger partial charge is 0.268 e. The number of carbonyl (C=O) groups is 1. The lowest BCUT2D eigenvalue weighted by Gasteiger charge is -2.07. The lowest BCUT2D eigenvalue weighted by atomic mass is 10.1. The molecule has 0 amide bonds. The Labute approximate surface area is 170 Å². The van der Waals surface area contributed by atoms with Crippen molar-refractivity contribution >= 4 is 44.1 Å². The van der Waals surface area contributed by atoms with E-state index in [-0.39, 0.29) is 16.2 Å². The maximum absolute atomic E-state index is 13.1. The number of halogens is 1. The van der Waals surface area contributed by atoms with Gasteiger partial charge in [0, 0.05) is 28.2 Å². The number of aliphatic hydroxyl groups excluding tert-OH is 1. The van der Waals surface area contributed by atoms with Crippen LogP contribution >= 0.6 is 11.6 Å². The zero-order chi connectivity index (χ0) is 20.6. The Hall–Kier alpha value is -3.43. The molecule has 0 unspecified atom stereocenters. The van der Waals surface area contributed by atoms with Crippen LogP contribution in [-0.2, 0) is 10.0 Å². The van der Waals surface area contributed by atoms with Gasteiger partial charge in [0.1, 0.15) is 5.76 Å². The van der Waals surface area contributed by atoms with Crippen molar-refractivity contribution in [1.82, 2.24) is 19.4 Å². The number of H-pyrrole nitrogens is 1. The summed E-state index contributed by atoms with van der Waals surface area (Å²) in [7, 11) is -3.94. The van der Waals surface area contributed by atoms with Crippen LogP contribution < -0.4 is 0 Å². The van der Waals surface area contributed by atoms with Gasteiger partial charge in [0.2, 0.25) is 5.78 Å². The van der Waals surface area contributed by atoms with Gasteiger partial charge in [-0.3, -0.25) is 4.79 Å². The van der Waals surface area contributed by atoms with Crippen LogP contribution in [0.2, 0.25) is 5.02 Å². The lowest BCUT2D eigenvalue weighted by Crippen LogP contribution is -2.11. The minimum Gasteiger partial charge on any atom is -0.507 e. The molecule has 2 aromatic heterocycles. The number of benzene rings is 2. The minimum absolute atomic E-state index is 0.00947. The molecule has 8 nitrogen and oxygen atoms in total. The Balaban J connectivity index is 1.90. The highest BCUT2D eigenvalue weighted by Gasteiger charge is 2.23. The highest BCUT2D eigenvalue weighted by Crippen LogP contribution is 2.31. The van der Waals surface area contributed by atoms with Crippen molar-refractivity contribution in [1.29, 1.82) is 0 Å². The van der Waals surface area contributed by atoms with Gasteiger partial charge in [-0.05, 0) is 30.3 Å². The molecule has 2 aromatic carbocycles. The van der Waals surface area contributed by atoms with E-state index in [9.17, 15) is 18.3 Å². The first-order valence-corrected chi connectivity index (χ1v) is 10.1. The first-order valence-electron chi connectivity index (χ1n) is 8.30. The average molecular weight is 429 g/mol. The van der Waals surface area contributed by atoms with Crippen molar-refractivity contribution in [2.45, 2.75) is 4.90 Å². The number of rotatable bonds is 5. The number of aromatic nitrogens is 4. The molecule has 0 fully saturated rings. The number of ketones is 1. The maximum atomic E-state index is 13.1. The van der Waals surface area contributed by atoms with Crippen molar-refractivity contribution in [3.8, 4) is 0 Å². The second-order valence-corrected chi connectivity index (χ2v) is 8.32. The van der Waals surface area contributed by atoms with Crippen LogP contribution in [0.4, 0.5) is 0 Å². The molecule has 0 atom stereocenters. The Morgan fingerprint density at radius 2 is 1.93 bits per heavy atom. The van der Waals surface area contributed by atoms with E-state index in [1.54, 1.807) is 24.3 Å². The number of nitrogens with zero attached hydrogens (tertiary/aromatic N) is 3. The molecular formula is C19H13ClN4O4S. The third-order valence-corrected chi connectivity index (χ3v) is 6.17. The van der Waals surface area contributed by atoms with Crippen molar-refractivity contribution in [3.63, 3.8) is 0 Å². The van der Waals surface area contributed by atoms with Gasteiger partial charge in [-0.1, -0.05) is 29.8 Å². The van der Waals surface area contributed by atoms with Gasteiger partial charge in [0.25, 0.3) is 10.0 Å². The molecule has 4 aromatic rings. The Kier molecular flexibility index (Phi) is 4.69. The summed E-state index contributed by atoms with van der Waals surface area (Å²) in [6.45, 7) is 0. The van der Waals surface area contributed by atoms with Crippen LogP contribution in [0.5, 0.6) is 0 Å². The zero-order valence-corrected chi connectivity index (χ0v) is 16.2. The summed E-state index contributed by atoms with van der Waals surface area (Å²) < 4.78 is 27.3. The predicted molar refractivity (Wildman–Crippen MR) is 107 cm³/mol. The van der Waals surface area contributed by atoms with E-state index in [1.165, 1.54) is 36.7 Å². The summed E-state index contributed by atoms with van der Waals surface area (Å²) in [5, 5.41) is 20.8. The first kappa shape index (κ1) is 18.9. The molecule has 2 N–H and O–H groups in total. The van der Waals surface area contributed by atoms with Gasteiger partial charge < -0.3 is 5.11 Å². The summed E-state index contributed by atoms with van der Waals surface area (Å²) in [5.41, 5.74) is 0.455. The topological polar surface area (TPSA) is 118 Å². The zero-order valence-electron chi connectivity index (χ0n) is 14.7. The third kappa shape index (κ3) is 3.41. The molecule has 0 aliphatic heterocycles. The Bertz CT molecular complexity index is 1340. The van der Waals surface area contributed by atoms with E-state index in [2.05, 4.69) is 15.4 Å². The SMILES string of the molecule is O=C(C=C(O)c1cn(S(=O)(=O)c2ccccc2)c2ccc(Cl)cc12)c1cn[nH]n1. The molecule has 0 spiro atoms. The summed E-state index contributed by atoms with van der Waals surface area (Å²) >= 11 is 6.07. The predicted octanol–water partition coefficient (Wildman–Crippen LogP) is 3.43. The largest absolute Gasteiger partial charge is 0.507 e. The van der Waals surface area contributed by atoms with Crippen LogP contribution in [0.25, 0.3) is 16.7 Å². The fourth-order valence-electron chi connectivity index (χ4n) is 2.88. The number of fused-ring (bicyclic) bond motifs is 1. The van der Waals surface area contributed by atoms with Crippen LogP contribution in [-0.4, -0.2) is 38.7 Å². The van der Waals surface area contributed by atoms with Crippen molar-refractivity contribution in [3.05, 3.63) is 83.3 Å². The van der Waals surface area contributed by atoms with Gasteiger partial charge >= 0.3 is 0 Å². The Morgan fingerprint density at radius 1 is 1.17 bits per heavy atom. The molecular weight excluding hydrogens is 416 g/mol. The Morgan fingerprint density at radius 3 is 2.62 bits per heavy atom. The molecule has 0 saturated heterocycles. The number of carbonyl (C=O) groups excluding carboxylic acids is 1. The lowest BCUT2D eigenvalue weighted by molar-refractivity contribution is 0.104. The summed E-state index contributed by atoms with van der Waals surface area (Å²) in [5.74, 6) is -1.02. The van der Waals surface area contributed by atoms with Gasteiger partial charge in [-0.25, -0.2) is 12.4 Å². The third-order valence-electron chi connectivity index (χ3n) is 4.24. The fourth-order valence-corrected chi connectivity index (χ4v) is 4.44. The van der Waals surface area contributed by atoms with E-state index < -0.39 is 21.6 Å². The number of allylic oxidation sites excluding steroid dienone is 1. The standard InChI is InChI=1S/C19H13ClN4O4S/c20-12-6-7-17-14(8-12)15(18(25)9-19(26)16-10-21-23-22-16)11-24(17)29(27,28)13-4-2-1-3-5-13/h1-11,25H,(H,21,22,23). The normalized spacial score (nSPS) is 12.4. The molecule has 10 heteroatoms. The molecule has 0 aliphatic carbocycles. The van der Waals surface area contributed by atoms with Crippen LogP contribution in [0.1, 0.15) is 16.1 Å². The second kappa shape index (κ2) is 7.19. The summed E-state index contributed by atoms with van der Waals surface area (Å²) in [6.07, 6.45) is 3.42. The molecule has 146 valence electrons. The van der Waals surface area contributed by atoms with Gasteiger partial charge in [0.15, 0.2) is 5.69 Å². The van der Waals surface area contributed by atoms with E-state index >= 15 is 0 Å². The highest BCUT2D eigenvalue weighted by atomic mass is 35.5. The van der Waals surface area contributed by atoms with Crippen LogP contribution in [0.3, 0.4) is 0 Å². The van der Waals surface area contributed by atoms with Crippen molar-refractivity contribution in [2.24, 2.45) is 0 Å². The average Bonchev–Trinajstić information content (AvgIpc) is 3.37. The number of hydrogen-bond acceptors (Lipinski definition) is 6. The van der Waals surface area contributed by atoms with Gasteiger partial charge in [-0.15, -0.1) is 0 Å². The van der Waals surface area contributed by atoms with Crippen LogP contribution in [0, 0.1) is 0 Å².